The quantitative estimate of drug-likeness (QED) is 0.884. The fourth-order valence-electron chi connectivity index (χ4n) is 2.55. The zero-order valence-corrected chi connectivity index (χ0v) is 13.7. The molecule has 114 valence electrons. The highest BCUT2D eigenvalue weighted by molar-refractivity contribution is 9.10. The standard InChI is InChI=1S/C14H19BrN4O2/c1-14(2,20)10-4-3-9(8-21-10)17-12-5-6-13-16-7-11(15)19(13)18-12/h5-7,9-10,20H,3-4,8H2,1-2H3,(H,17,18)/t9-,10+/m1/s1. The lowest BCUT2D eigenvalue weighted by atomic mass is 9.93. The van der Waals surface area contributed by atoms with E-state index in [2.05, 4.69) is 31.3 Å². The predicted octanol–water partition coefficient (Wildman–Crippen LogP) is 2.22. The number of nitrogens with zero attached hydrogens (tertiary/aromatic N) is 3. The highest BCUT2D eigenvalue weighted by Gasteiger charge is 2.32. The van der Waals surface area contributed by atoms with Gasteiger partial charge in [-0.1, -0.05) is 0 Å². The molecule has 0 aliphatic carbocycles. The Hall–Kier alpha value is -1.18. The molecule has 2 aromatic heterocycles. The molecule has 0 unspecified atom stereocenters. The van der Waals surface area contributed by atoms with Gasteiger partial charge in [0.2, 0.25) is 0 Å². The normalized spacial score (nSPS) is 23.4. The average molecular weight is 355 g/mol. The second-order valence-electron chi connectivity index (χ2n) is 5.96. The Morgan fingerprint density at radius 1 is 1.43 bits per heavy atom. The van der Waals surface area contributed by atoms with Crippen LogP contribution in [0, 0.1) is 0 Å². The lowest BCUT2D eigenvalue weighted by molar-refractivity contribution is -0.110. The summed E-state index contributed by atoms with van der Waals surface area (Å²) in [5, 5.41) is 17.8. The zero-order chi connectivity index (χ0) is 15.0. The van der Waals surface area contributed by atoms with Gasteiger partial charge in [0.15, 0.2) is 5.65 Å². The van der Waals surface area contributed by atoms with Crippen LogP contribution in [0.4, 0.5) is 5.82 Å². The van der Waals surface area contributed by atoms with Crippen LogP contribution in [0.2, 0.25) is 0 Å². The van der Waals surface area contributed by atoms with Gasteiger partial charge in [-0.2, -0.15) is 0 Å². The molecular weight excluding hydrogens is 336 g/mol. The molecule has 1 saturated heterocycles. The van der Waals surface area contributed by atoms with Gasteiger partial charge in [-0.25, -0.2) is 9.50 Å². The van der Waals surface area contributed by atoms with Gasteiger partial charge in [-0.3, -0.25) is 0 Å². The summed E-state index contributed by atoms with van der Waals surface area (Å²) in [5.41, 5.74) is 0.0125. The summed E-state index contributed by atoms with van der Waals surface area (Å²) in [7, 11) is 0. The lowest BCUT2D eigenvalue weighted by Gasteiger charge is -2.36. The number of rotatable bonds is 3. The first-order valence-corrected chi connectivity index (χ1v) is 7.83. The van der Waals surface area contributed by atoms with Crippen LogP contribution >= 0.6 is 15.9 Å². The van der Waals surface area contributed by atoms with Crippen molar-refractivity contribution in [2.24, 2.45) is 0 Å². The summed E-state index contributed by atoms with van der Waals surface area (Å²) in [6.45, 7) is 4.15. The van der Waals surface area contributed by atoms with E-state index in [1.807, 2.05) is 12.1 Å². The zero-order valence-electron chi connectivity index (χ0n) is 12.1. The number of ether oxygens (including phenoxy) is 1. The Bertz CT molecular complexity index is 629. The smallest absolute Gasteiger partial charge is 0.154 e. The predicted molar refractivity (Wildman–Crippen MR) is 83.4 cm³/mol. The minimum absolute atomic E-state index is 0.103. The summed E-state index contributed by atoms with van der Waals surface area (Å²) in [6, 6.07) is 4.04. The molecule has 2 atom stereocenters. The maximum atomic E-state index is 9.97. The third-order valence-electron chi connectivity index (χ3n) is 3.74. The van der Waals surface area contributed by atoms with E-state index in [1.165, 1.54) is 0 Å². The van der Waals surface area contributed by atoms with Crippen LogP contribution < -0.4 is 5.32 Å². The molecule has 0 saturated carbocycles. The van der Waals surface area contributed by atoms with Crippen LogP contribution in [0.1, 0.15) is 26.7 Å². The second-order valence-corrected chi connectivity index (χ2v) is 6.78. The second kappa shape index (κ2) is 5.55. The number of aromatic nitrogens is 3. The van der Waals surface area contributed by atoms with Crippen LogP contribution in [0.25, 0.3) is 5.65 Å². The van der Waals surface area contributed by atoms with E-state index in [9.17, 15) is 5.11 Å². The number of imidazole rings is 1. The number of nitrogens with one attached hydrogen (secondary N) is 1. The number of halogens is 1. The fraction of sp³-hybridized carbons (Fsp3) is 0.571. The van der Waals surface area contributed by atoms with E-state index in [4.69, 9.17) is 4.74 Å². The summed E-state index contributed by atoms with van der Waals surface area (Å²) in [6.07, 6.45) is 3.40. The average Bonchev–Trinajstić information content (AvgIpc) is 2.80. The molecule has 0 bridgehead atoms. The molecule has 21 heavy (non-hydrogen) atoms. The van der Waals surface area contributed by atoms with Crippen LogP contribution in [0.3, 0.4) is 0 Å². The maximum absolute atomic E-state index is 9.97. The van der Waals surface area contributed by atoms with Crippen LogP contribution in [0.5, 0.6) is 0 Å². The van der Waals surface area contributed by atoms with E-state index >= 15 is 0 Å². The molecule has 7 heteroatoms. The molecule has 3 rings (SSSR count). The Kier molecular flexibility index (Phi) is 3.90. The summed E-state index contributed by atoms with van der Waals surface area (Å²) in [4.78, 5) is 4.22. The Morgan fingerprint density at radius 2 is 2.24 bits per heavy atom. The molecule has 0 radical (unpaired) electrons. The van der Waals surface area contributed by atoms with Crippen molar-refractivity contribution in [2.75, 3.05) is 11.9 Å². The van der Waals surface area contributed by atoms with Gasteiger partial charge in [0.25, 0.3) is 0 Å². The third kappa shape index (κ3) is 3.20. The van der Waals surface area contributed by atoms with Crippen molar-refractivity contribution in [1.29, 1.82) is 0 Å². The molecule has 1 aliphatic heterocycles. The van der Waals surface area contributed by atoms with Gasteiger partial charge in [-0.05, 0) is 54.8 Å². The van der Waals surface area contributed by atoms with Crippen molar-refractivity contribution in [2.45, 2.75) is 44.4 Å². The van der Waals surface area contributed by atoms with Crippen molar-refractivity contribution in [3.63, 3.8) is 0 Å². The van der Waals surface area contributed by atoms with Gasteiger partial charge in [0.05, 0.1) is 30.6 Å². The first-order valence-electron chi connectivity index (χ1n) is 7.04. The van der Waals surface area contributed by atoms with Gasteiger partial charge < -0.3 is 15.2 Å². The van der Waals surface area contributed by atoms with Gasteiger partial charge in [0, 0.05) is 0 Å². The Balaban J connectivity index is 1.65. The highest BCUT2D eigenvalue weighted by atomic mass is 79.9. The molecule has 6 nitrogen and oxygen atoms in total. The molecule has 0 spiro atoms. The number of hydrogen-bond acceptors (Lipinski definition) is 5. The number of hydrogen-bond donors (Lipinski definition) is 2. The summed E-state index contributed by atoms with van der Waals surface area (Å²) in [5.74, 6) is 0.788. The molecule has 3 heterocycles. The van der Waals surface area contributed by atoms with Crippen LogP contribution in [-0.4, -0.2) is 44.1 Å². The summed E-state index contributed by atoms with van der Waals surface area (Å²) >= 11 is 3.41. The van der Waals surface area contributed by atoms with Gasteiger partial charge in [0.1, 0.15) is 10.4 Å². The third-order valence-corrected chi connectivity index (χ3v) is 4.28. The molecule has 1 aliphatic rings. The number of anilines is 1. The van der Waals surface area contributed by atoms with E-state index in [0.29, 0.717) is 6.61 Å². The molecule has 0 aromatic carbocycles. The molecular formula is C14H19BrN4O2. The lowest BCUT2D eigenvalue weighted by Crippen LogP contribution is -2.45. The van der Waals surface area contributed by atoms with E-state index < -0.39 is 5.60 Å². The topological polar surface area (TPSA) is 71.7 Å². The van der Waals surface area contributed by atoms with E-state index in [0.717, 1.165) is 28.9 Å². The van der Waals surface area contributed by atoms with Crippen molar-refractivity contribution >= 4 is 27.4 Å². The Labute approximate surface area is 131 Å². The minimum Gasteiger partial charge on any atom is -0.388 e. The SMILES string of the molecule is CC(C)(O)[C@@H]1CC[C@@H](Nc2ccc3ncc(Br)n3n2)CO1. The van der Waals surface area contributed by atoms with Gasteiger partial charge in [-0.15, -0.1) is 5.10 Å². The molecule has 1 fully saturated rings. The number of aliphatic hydroxyl groups is 1. The number of fused-ring (bicyclic) bond motifs is 1. The molecule has 2 N–H and O–H groups in total. The van der Waals surface area contributed by atoms with E-state index in [1.54, 1.807) is 24.6 Å². The first-order chi connectivity index (χ1) is 9.93. The van der Waals surface area contributed by atoms with Crippen molar-refractivity contribution in [3.8, 4) is 0 Å². The van der Waals surface area contributed by atoms with Crippen molar-refractivity contribution in [1.82, 2.24) is 14.6 Å². The van der Waals surface area contributed by atoms with Crippen LogP contribution in [-0.2, 0) is 4.74 Å². The van der Waals surface area contributed by atoms with Gasteiger partial charge >= 0.3 is 0 Å². The minimum atomic E-state index is -0.788. The van der Waals surface area contributed by atoms with Crippen molar-refractivity contribution < 1.29 is 9.84 Å². The first kappa shape index (κ1) is 14.7. The molecule has 2 aromatic rings. The monoisotopic (exact) mass is 354 g/mol. The maximum Gasteiger partial charge on any atom is 0.154 e. The summed E-state index contributed by atoms with van der Waals surface area (Å²) < 4.78 is 8.32. The van der Waals surface area contributed by atoms with Crippen LogP contribution in [0.15, 0.2) is 22.9 Å². The fourth-order valence-corrected chi connectivity index (χ4v) is 2.92. The molecule has 0 amide bonds. The largest absolute Gasteiger partial charge is 0.388 e. The van der Waals surface area contributed by atoms with E-state index in [-0.39, 0.29) is 12.1 Å². The highest BCUT2D eigenvalue weighted by Crippen LogP contribution is 2.24. The Morgan fingerprint density at radius 3 is 2.90 bits per heavy atom. The van der Waals surface area contributed by atoms with Crippen molar-refractivity contribution in [3.05, 3.63) is 22.9 Å².